The second-order valence-corrected chi connectivity index (χ2v) is 2.84. The lowest BCUT2D eigenvalue weighted by atomic mass is 10.2. The molecule has 6 nitrogen and oxygen atoms in total. The smallest absolute Gasteiger partial charge is 0.320 e. The van der Waals surface area contributed by atoms with Crippen LogP contribution in [-0.2, 0) is 4.79 Å². The Hall–Kier alpha value is -0.870. The van der Waals surface area contributed by atoms with Crippen LogP contribution >= 0.6 is 9.39 Å². The molecule has 0 heterocycles. The van der Waals surface area contributed by atoms with Crippen molar-refractivity contribution in [3.63, 3.8) is 0 Å². The van der Waals surface area contributed by atoms with Crippen LogP contribution in [0.5, 0.6) is 0 Å². The normalized spacial score (nSPS) is 12.1. The van der Waals surface area contributed by atoms with Crippen molar-refractivity contribution in [1.82, 2.24) is 5.09 Å². The van der Waals surface area contributed by atoms with Gasteiger partial charge in [-0.25, -0.2) is 0 Å². The summed E-state index contributed by atoms with van der Waals surface area (Å²) in [6, 6.07) is -0.556. The lowest BCUT2D eigenvalue weighted by Gasteiger charge is -2.08. The van der Waals surface area contributed by atoms with E-state index in [1.165, 1.54) is 0 Å². The monoisotopic (exact) mass is 206 g/mol. The SMILES string of the molecule is NC(N)=NCCCC(NP)C(=O)O. The van der Waals surface area contributed by atoms with E-state index in [2.05, 4.69) is 19.5 Å². The maximum absolute atomic E-state index is 10.5. The van der Waals surface area contributed by atoms with E-state index in [1.54, 1.807) is 0 Å². The Balaban J connectivity index is 3.62. The van der Waals surface area contributed by atoms with Gasteiger partial charge in [-0.15, -0.1) is 0 Å². The van der Waals surface area contributed by atoms with Crippen molar-refractivity contribution in [3.05, 3.63) is 0 Å². The first-order valence-electron chi connectivity index (χ1n) is 3.82. The van der Waals surface area contributed by atoms with Gasteiger partial charge in [-0.2, -0.15) is 0 Å². The number of guanidine groups is 1. The molecule has 0 aliphatic carbocycles. The summed E-state index contributed by atoms with van der Waals surface area (Å²) < 4.78 is 0. The molecule has 0 radical (unpaired) electrons. The van der Waals surface area contributed by atoms with Crippen molar-refractivity contribution in [1.29, 1.82) is 0 Å². The maximum atomic E-state index is 10.5. The number of aliphatic imine (C=N–C) groups is 1. The Kier molecular flexibility index (Phi) is 6.18. The molecule has 0 aromatic carbocycles. The predicted octanol–water partition coefficient (Wildman–Crippen LogP) is -1.13. The Morgan fingerprint density at radius 2 is 2.23 bits per heavy atom. The molecule has 0 aliphatic rings. The molecular formula is C6H15N4O2P. The molecule has 0 rings (SSSR count). The molecule has 0 fully saturated rings. The number of hydrogen-bond donors (Lipinski definition) is 4. The highest BCUT2D eigenvalue weighted by Crippen LogP contribution is 1.99. The summed E-state index contributed by atoms with van der Waals surface area (Å²) in [5, 5.41) is 11.2. The van der Waals surface area contributed by atoms with E-state index >= 15 is 0 Å². The second kappa shape index (κ2) is 6.62. The highest BCUT2D eigenvalue weighted by Gasteiger charge is 2.13. The van der Waals surface area contributed by atoms with Gasteiger partial charge >= 0.3 is 5.97 Å². The van der Waals surface area contributed by atoms with Crippen LogP contribution in [0.4, 0.5) is 0 Å². The summed E-state index contributed by atoms with van der Waals surface area (Å²) in [5.41, 5.74) is 10.2. The molecule has 0 saturated heterocycles. The zero-order chi connectivity index (χ0) is 10.3. The molecular weight excluding hydrogens is 191 g/mol. The summed E-state index contributed by atoms with van der Waals surface area (Å²) in [4.78, 5) is 14.2. The summed E-state index contributed by atoms with van der Waals surface area (Å²) in [6.07, 6.45) is 1.13. The topological polar surface area (TPSA) is 114 Å². The number of nitrogens with zero attached hydrogens (tertiary/aromatic N) is 1. The van der Waals surface area contributed by atoms with E-state index in [0.717, 1.165) is 0 Å². The summed E-state index contributed by atoms with van der Waals surface area (Å²) in [7, 11) is 2.18. The van der Waals surface area contributed by atoms with Gasteiger partial charge in [-0.1, -0.05) is 9.39 Å². The standard InChI is InChI=1S/C6H15N4O2P/c7-6(8)9-3-1-2-4(10-13)5(11)12/h4,10H,1-3,13H2,(H,11,12)(H4,7,8,9). The first-order valence-corrected chi connectivity index (χ1v) is 4.40. The summed E-state index contributed by atoms with van der Waals surface area (Å²) in [5.74, 6) is -0.842. The van der Waals surface area contributed by atoms with Crippen LogP contribution in [-0.4, -0.2) is 29.6 Å². The van der Waals surface area contributed by atoms with Crippen molar-refractivity contribution in [2.75, 3.05) is 6.54 Å². The minimum absolute atomic E-state index is 0.0331. The van der Waals surface area contributed by atoms with Crippen molar-refractivity contribution in [2.24, 2.45) is 16.5 Å². The van der Waals surface area contributed by atoms with Crippen molar-refractivity contribution < 1.29 is 9.90 Å². The lowest BCUT2D eigenvalue weighted by Crippen LogP contribution is -2.30. The van der Waals surface area contributed by atoms with Crippen molar-refractivity contribution >= 4 is 21.3 Å². The lowest BCUT2D eigenvalue weighted by molar-refractivity contribution is -0.139. The van der Waals surface area contributed by atoms with Crippen LogP contribution in [0.3, 0.4) is 0 Å². The van der Waals surface area contributed by atoms with Gasteiger partial charge in [0.25, 0.3) is 0 Å². The van der Waals surface area contributed by atoms with Crippen LogP contribution in [0.25, 0.3) is 0 Å². The molecule has 2 atom stereocenters. The second-order valence-electron chi connectivity index (χ2n) is 2.51. The Morgan fingerprint density at radius 3 is 2.62 bits per heavy atom. The van der Waals surface area contributed by atoms with Crippen LogP contribution < -0.4 is 16.6 Å². The van der Waals surface area contributed by atoms with Gasteiger partial charge in [-0.05, 0) is 12.8 Å². The number of rotatable bonds is 6. The molecule has 0 aromatic rings. The number of carboxylic acid groups (broad SMARTS) is 1. The van der Waals surface area contributed by atoms with Gasteiger partial charge in [0, 0.05) is 6.54 Å². The number of nitrogens with one attached hydrogen (secondary N) is 1. The summed E-state index contributed by atoms with van der Waals surface area (Å²) in [6.45, 7) is 0.457. The highest BCUT2D eigenvalue weighted by atomic mass is 31.0. The Bertz CT molecular complexity index is 193. The van der Waals surface area contributed by atoms with Gasteiger partial charge in [0.2, 0.25) is 0 Å². The molecule has 0 saturated carbocycles. The number of hydrogen-bond acceptors (Lipinski definition) is 3. The molecule has 0 amide bonds. The third-order valence-electron chi connectivity index (χ3n) is 1.44. The van der Waals surface area contributed by atoms with Crippen LogP contribution in [0.1, 0.15) is 12.8 Å². The van der Waals surface area contributed by atoms with E-state index < -0.39 is 12.0 Å². The Morgan fingerprint density at radius 1 is 1.62 bits per heavy atom. The minimum Gasteiger partial charge on any atom is -0.480 e. The molecule has 6 N–H and O–H groups in total. The molecule has 0 bridgehead atoms. The van der Waals surface area contributed by atoms with Crippen molar-refractivity contribution in [2.45, 2.75) is 18.9 Å². The molecule has 0 aliphatic heterocycles. The zero-order valence-corrected chi connectivity index (χ0v) is 8.39. The number of carboxylic acids is 1. The number of carbonyl (C=O) groups is 1. The highest BCUT2D eigenvalue weighted by molar-refractivity contribution is 7.13. The Labute approximate surface area is 79.0 Å². The molecule has 13 heavy (non-hydrogen) atoms. The van der Waals surface area contributed by atoms with Gasteiger partial charge in [0.1, 0.15) is 6.04 Å². The van der Waals surface area contributed by atoms with Crippen molar-refractivity contribution in [3.8, 4) is 0 Å². The number of aliphatic carboxylic acids is 1. The minimum atomic E-state index is -0.875. The molecule has 76 valence electrons. The summed E-state index contributed by atoms with van der Waals surface area (Å²) >= 11 is 0. The van der Waals surface area contributed by atoms with Gasteiger partial charge in [-0.3, -0.25) is 14.9 Å². The third kappa shape index (κ3) is 6.31. The first kappa shape index (κ1) is 12.1. The quantitative estimate of drug-likeness (QED) is 0.190. The van der Waals surface area contributed by atoms with Crippen LogP contribution in [0, 0.1) is 0 Å². The van der Waals surface area contributed by atoms with Crippen LogP contribution in [0.15, 0.2) is 4.99 Å². The fourth-order valence-electron chi connectivity index (χ4n) is 0.782. The molecule has 2 unspecified atom stereocenters. The fraction of sp³-hybridized carbons (Fsp3) is 0.667. The number of nitrogens with two attached hydrogens (primary N) is 2. The van der Waals surface area contributed by atoms with E-state index in [1.807, 2.05) is 0 Å². The predicted molar refractivity (Wildman–Crippen MR) is 54.2 cm³/mol. The first-order chi connectivity index (χ1) is 6.07. The van der Waals surface area contributed by atoms with Crippen LogP contribution in [0.2, 0.25) is 0 Å². The average Bonchev–Trinajstić information content (AvgIpc) is 2.03. The third-order valence-corrected chi connectivity index (χ3v) is 1.85. The fourth-order valence-corrected chi connectivity index (χ4v) is 1.09. The zero-order valence-electron chi connectivity index (χ0n) is 7.23. The van der Waals surface area contributed by atoms with Gasteiger partial charge < -0.3 is 16.6 Å². The van der Waals surface area contributed by atoms with Gasteiger partial charge in [0.05, 0.1) is 0 Å². The molecule has 0 aromatic heterocycles. The average molecular weight is 206 g/mol. The van der Waals surface area contributed by atoms with E-state index in [4.69, 9.17) is 16.6 Å². The largest absolute Gasteiger partial charge is 0.480 e. The molecule has 7 heteroatoms. The van der Waals surface area contributed by atoms with Gasteiger partial charge in [0.15, 0.2) is 5.96 Å². The molecule has 0 spiro atoms. The van der Waals surface area contributed by atoms with E-state index in [-0.39, 0.29) is 5.96 Å². The van der Waals surface area contributed by atoms with E-state index in [9.17, 15) is 4.79 Å². The van der Waals surface area contributed by atoms with E-state index in [0.29, 0.717) is 19.4 Å². The maximum Gasteiger partial charge on any atom is 0.320 e.